The van der Waals surface area contributed by atoms with Crippen molar-refractivity contribution >= 4 is 17.3 Å². The van der Waals surface area contributed by atoms with Gasteiger partial charge in [-0.2, -0.15) is 4.68 Å². The van der Waals surface area contributed by atoms with Gasteiger partial charge < -0.3 is 4.74 Å². The van der Waals surface area contributed by atoms with Crippen LogP contribution in [0.5, 0.6) is 0 Å². The standard InChI is InChI=1S/C16H14N4O2S/c21-16(14-9-11-5-4-8-13(11)23-14)22-10-15-17-18-19-20(15)12-6-2-1-3-7-12/h1-3,6-7,9H,4-5,8,10H2. The maximum atomic E-state index is 12.2. The Balaban J connectivity index is 1.47. The second-order valence-electron chi connectivity index (χ2n) is 5.33. The lowest BCUT2D eigenvalue weighted by molar-refractivity contribution is 0.0465. The number of aryl methyl sites for hydroxylation is 2. The van der Waals surface area contributed by atoms with Gasteiger partial charge in [0.1, 0.15) is 4.88 Å². The van der Waals surface area contributed by atoms with Gasteiger partial charge in [-0.1, -0.05) is 18.2 Å². The highest BCUT2D eigenvalue weighted by atomic mass is 32.1. The Hall–Kier alpha value is -2.54. The molecule has 2 heterocycles. The van der Waals surface area contributed by atoms with Crippen LogP contribution >= 0.6 is 11.3 Å². The molecule has 0 N–H and O–H groups in total. The molecule has 0 bridgehead atoms. The number of thiophene rings is 1. The van der Waals surface area contributed by atoms with Crippen LogP contribution in [0.1, 0.15) is 32.4 Å². The number of rotatable bonds is 4. The van der Waals surface area contributed by atoms with Crippen molar-refractivity contribution in [2.24, 2.45) is 0 Å². The quantitative estimate of drug-likeness (QED) is 0.689. The third-order valence-electron chi connectivity index (χ3n) is 3.81. The van der Waals surface area contributed by atoms with Crippen molar-refractivity contribution in [2.45, 2.75) is 25.9 Å². The summed E-state index contributed by atoms with van der Waals surface area (Å²) >= 11 is 1.53. The van der Waals surface area contributed by atoms with E-state index >= 15 is 0 Å². The molecule has 116 valence electrons. The minimum Gasteiger partial charge on any atom is -0.453 e. The first-order chi connectivity index (χ1) is 11.3. The van der Waals surface area contributed by atoms with Gasteiger partial charge in [-0.3, -0.25) is 0 Å². The van der Waals surface area contributed by atoms with E-state index in [1.807, 2.05) is 36.4 Å². The zero-order chi connectivity index (χ0) is 15.6. The fraction of sp³-hybridized carbons (Fsp3) is 0.250. The van der Waals surface area contributed by atoms with Crippen LogP contribution in [-0.4, -0.2) is 26.2 Å². The van der Waals surface area contributed by atoms with Crippen LogP contribution in [0.15, 0.2) is 36.4 Å². The molecule has 0 atom stereocenters. The van der Waals surface area contributed by atoms with Gasteiger partial charge in [-0.25, -0.2) is 4.79 Å². The fourth-order valence-corrected chi connectivity index (χ4v) is 3.84. The zero-order valence-electron chi connectivity index (χ0n) is 12.3. The Labute approximate surface area is 136 Å². The Morgan fingerprint density at radius 1 is 1.26 bits per heavy atom. The average Bonchev–Trinajstić information content (AvgIpc) is 3.28. The van der Waals surface area contributed by atoms with Crippen LogP contribution in [0.4, 0.5) is 0 Å². The number of para-hydroxylation sites is 1. The maximum absolute atomic E-state index is 12.2. The maximum Gasteiger partial charge on any atom is 0.348 e. The van der Waals surface area contributed by atoms with Crippen molar-refractivity contribution in [1.82, 2.24) is 20.2 Å². The molecule has 6 nitrogen and oxygen atoms in total. The van der Waals surface area contributed by atoms with Gasteiger partial charge in [0.25, 0.3) is 0 Å². The van der Waals surface area contributed by atoms with E-state index in [1.54, 1.807) is 4.68 Å². The van der Waals surface area contributed by atoms with E-state index in [2.05, 4.69) is 15.5 Å². The van der Waals surface area contributed by atoms with Crippen LogP contribution in [0.2, 0.25) is 0 Å². The summed E-state index contributed by atoms with van der Waals surface area (Å²) < 4.78 is 6.95. The predicted molar refractivity (Wildman–Crippen MR) is 84.6 cm³/mol. The van der Waals surface area contributed by atoms with Crippen molar-refractivity contribution in [3.8, 4) is 5.69 Å². The summed E-state index contributed by atoms with van der Waals surface area (Å²) in [6.07, 6.45) is 3.31. The number of carbonyl (C=O) groups is 1. The summed E-state index contributed by atoms with van der Waals surface area (Å²) in [4.78, 5) is 14.2. The number of benzene rings is 1. The summed E-state index contributed by atoms with van der Waals surface area (Å²) in [7, 11) is 0. The lowest BCUT2D eigenvalue weighted by Crippen LogP contribution is -2.09. The van der Waals surface area contributed by atoms with Crippen LogP contribution < -0.4 is 0 Å². The molecule has 0 unspecified atom stereocenters. The molecule has 1 aliphatic rings. The van der Waals surface area contributed by atoms with Gasteiger partial charge in [0, 0.05) is 4.88 Å². The molecule has 1 aromatic carbocycles. The van der Waals surface area contributed by atoms with Crippen molar-refractivity contribution in [3.63, 3.8) is 0 Å². The molecule has 0 spiro atoms. The summed E-state index contributed by atoms with van der Waals surface area (Å²) in [6, 6.07) is 11.5. The highest BCUT2D eigenvalue weighted by Gasteiger charge is 2.20. The molecule has 3 aromatic rings. The third kappa shape index (κ3) is 2.75. The van der Waals surface area contributed by atoms with Gasteiger partial charge in [-0.05, 0) is 53.5 Å². The fourth-order valence-electron chi connectivity index (χ4n) is 2.70. The van der Waals surface area contributed by atoms with E-state index in [4.69, 9.17) is 4.74 Å². The molecule has 4 rings (SSSR count). The van der Waals surface area contributed by atoms with Crippen LogP contribution in [0.25, 0.3) is 5.69 Å². The lowest BCUT2D eigenvalue weighted by atomic mass is 10.2. The lowest BCUT2D eigenvalue weighted by Gasteiger charge is -2.05. The number of carbonyl (C=O) groups excluding carboxylic acids is 1. The monoisotopic (exact) mass is 326 g/mol. The summed E-state index contributed by atoms with van der Waals surface area (Å²) in [5.41, 5.74) is 2.12. The van der Waals surface area contributed by atoms with Crippen molar-refractivity contribution in [1.29, 1.82) is 0 Å². The van der Waals surface area contributed by atoms with Gasteiger partial charge in [0.05, 0.1) is 5.69 Å². The molecule has 1 aliphatic carbocycles. The van der Waals surface area contributed by atoms with E-state index in [0.29, 0.717) is 10.7 Å². The number of hydrogen-bond donors (Lipinski definition) is 0. The number of nitrogens with zero attached hydrogens (tertiary/aromatic N) is 4. The molecule has 0 radical (unpaired) electrons. The Morgan fingerprint density at radius 3 is 2.96 bits per heavy atom. The molecule has 2 aromatic heterocycles. The van der Waals surface area contributed by atoms with E-state index in [-0.39, 0.29) is 12.6 Å². The smallest absolute Gasteiger partial charge is 0.348 e. The first-order valence-electron chi connectivity index (χ1n) is 7.42. The Bertz CT molecular complexity index is 819. The molecule has 7 heteroatoms. The van der Waals surface area contributed by atoms with E-state index in [9.17, 15) is 4.79 Å². The highest BCUT2D eigenvalue weighted by molar-refractivity contribution is 7.14. The summed E-state index contributed by atoms with van der Waals surface area (Å²) in [5.74, 6) is 0.181. The van der Waals surface area contributed by atoms with Crippen LogP contribution in [-0.2, 0) is 24.2 Å². The third-order valence-corrected chi connectivity index (χ3v) is 5.03. The molecule has 0 aliphatic heterocycles. The van der Waals surface area contributed by atoms with E-state index in [1.165, 1.54) is 28.2 Å². The number of fused-ring (bicyclic) bond motifs is 1. The molecule has 0 saturated heterocycles. The number of esters is 1. The minimum absolute atomic E-state index is 0.0449. The van der Waals surface area contributed by atoms with Gasteiger partial charge in [-0.15, -0.1) is 16.4 Å². The largest absolute Gasteiger partial charge is 0.453 e. The number of hydrogen-bond acceptors (Lipinski definition) is 6. The van der Waals surface area contributed by atoms with Gasteiger partial charge >= 0.3 is 5.97 Å². The topological polar surface area (TPSA) is 69.9 Å². The molecule has 23 heavy (non-hydrogen) atoms. The van der Waals surface area contributed by atoms with Crippen LogP contribution in [0, 0.1) is 0 Å². The molecule has 0 amide bonds. The van der Waals surface area contributed by atoms with Gasteiger partial charge in [0.15, 0.2) is 12.4 Å². The molecular formula is C16H14N4O2S. The van der Waals surface area contributed by atoms with Crippen molar-refractivity contribution in [3.05, 3.63) is 57.5 Å². The normalized spacial score (nSPS) is 13.0. The number of aromatic nitrogens is 4. The second-order valence-corrected chi connectivity index (χ2v) is 6.47. The first kappa shape index (κ1) is 14.1. The van der Waals surface area contributed by atoms with Crippen molar-refractivity contribution in [2.75, 3.05) is 0 Å². The molecular weight excluding hydrogens is 312 g/mol. The molecule has 0 fully saturated rings. The minimum atomic E-state index is -0.313. The second kappa shape index (κ2) is 5.92. The summed E-state index contributed by atoms with van der Waals surface area (Å²) in [5, 5.41) is 11.5. The van der Waals surface area contributed by atoms with Crippen LogP contribution in [0.3, 0.4) is 0 Å². The SMILES string of the molecule is O=C(OCc1nnnn1-c1ccccc1)c1cc2c(s1)CCC2. The van der Waals surface area contributed by atoms with Gasteiger partial charge in [0.2, 0.25) is 0 Å². The average molecular weight is 326 g/mol. The van der Waals surface area contributed by atoms with E-state index < -0.39 is 0 Å². The zero-order valence-corrected chi connectivity index (χ0v) is 13.1. The Morgan fingerprint density at radius 2 is 2.13 bits per heavy atom. The summed E-state index contributed by atoms with van der Waals surface area (Å²) in [6.45, 7) is 0.0449. The first-order valence-corrected chi connectivity index (χ1v) is 8.24. The number of ether oxygens (including phenoxy) is 1. The highest BCUT2D eigenvalue weighted by Crippen LogP contribution is 2.31. The van der Waals surface area contributed by atoms with Crippen molar-refractivity contribution < 1.29 is 9.53 Å². The van der Waals surface area contributed by atoms with E-state index in [0.717, 1.165) is 18.5 Å². The molecule has 0 saturated carbocycles. The predicted octanol–water partition coefficient (Wildman–Crippen LogP) is 2.57. The Kier molecular flexibility index (Phi) is 3.63. The number of tetrazole rings is 1.